The van der Waals surface area contributed by atoms with Gasteiger partial charge in [0.1, 0.15) is 4.88 Å². The third kappa shape index (κ3) is 3.10. The van der Waals surface area contributed by atoms with Crippen LogP contribution in [-0.4, -0.2) is 37.6 Å². The van der Waals surface area contributed by atoms with Crippen molar-refractivity contribution in [1.82, 2.24) is 4.90 Å². The number of halogens is 1. The lowest BCUT2D eigenvalue weighted by molar-refractivity contribution is 0.0732. The molecule has 0 saturated carbocycles. The van der Waals surface area contributed by atoms with Gasteiger partial charge in [0.2, 0.25) is 10.0 Å². The maximum absolute atomic E-state index is 12.3. The lowest BCUT2D eigenvalue weighted by Gasteiger charge is -2.31. The molecule has 2 rings (SSSR count). The molecule has 2 heterocycles. The van der Waals surface area contributed by atoms with E-state index in [1.807, 2.05) is 12.3 Å². The van der Waals surface area contributed by atoms with Crippen LogP contribution in [0.2, 0.25) is 5.02 Å². The fourth-order valence-corrected chi connectivity index (χ4v) is 4.23. The Labute approximate surface area is 121 Å². The van der Waals surface area contributed by atoms with Crippen LogP contribution >= 0.6 is 22.9 Å². The molecule has 1 aliphatic rings. The predicted molar refractivity (Wildman–Crippen MR) is 76.1 cm³/mol. The number of piperidine rings is 1. The molecular weight excluding hydrogens is 308 g/mol. The molecule has 106 valence electrons. The number of nitrogens with zero attached hydrogens (tertiary/aromatic N) is 1. The zero-order valence-corrected chi connectivity index (χ0v) is 12.8. The summed E-state index contributed by atoms with van der Waals surface area (Å²) in [5.41, 5.74) is 0.857. The zero-order chi connectivity index (χ0) is 14.2. The summed E-state index contributed by atoms with van der Waals surface area (Å²) in [6.45, 7) is 2.52. The van der Waals surface area contributed by atoms with E-state index in [4.69, 9.17) is 16.7 Å². The third-order valence-corrected chi connectivity index (χ3v) is 6.22. The molecule has 0 bridgehead atoms. The van der Waals surface area contributed by atoms with Crippen LogP contribution in [0.5, 0.6) is 0 Å². The van der Waals surface area contributed by atoms with Crippen molar-refractivity contribution >= 4 is 38.9 Å². The van der Waals surface area contributed by atoms with Crippen LogP contribution in [0.15, 0.2) is 5.38 Å². The van der Waals surface area contributed by atoms with E-state index in [-0.39, 0.29) is 12.5 Å². The van der Waals surface area contributed by atoms with Crippen molar-refractivity contribution in [1.29, 1.82) is 0 Å². The second kappa shape index (κ2) is 5.40. The number of amides is 1. The highest BCUT2D eigenvalue weighted by Gasteiger charge is 2.32. The van der Waals surface area contributed by atoms with Crippen LogP contribution in [0, 0.1) is 6.92 Å². The first-order valence-corrected chi connectivity index (χ1v) is 8.72. The minimum atomic E-state index is -3.60. The smallest absolute Gasteiger partial charge is 0.265 e. The predicted octanol–water partition coefficient (Wildman–Crippen LogP) is 1.60. The number of aryl methyl sites for hydroxylation is 1. The summed E-state index contributed by atoms with van der Waals surface area (Å²) < 4.78 is 22.8. The number of thiophene rings is 1. The molecule has 1 aromatic rings. The average molecular weight is 323 g/mol. The first kappa shape index (κ1) is 14.8. The first-order chi connectivity index (χ1) is 8.80. The molecule has 19 heavy (non-hydrogen) atoms. The summed E-state index contributed by atoms with van der Waals surface area (Å²) in [5, 5.41) is 6.75. The fraction of sp³-hybridized carbons (Fsp3) is 0.545. The van der Waals surface area contributed by atoms with Gasteiger partial charge in [0.25, 0.3) is 5.91 Å². The van der Waals surface area contributed by atoms with Gasteiger partial charge >= 0.3 is 0 Å². The van der Waals surface area contributed by atoms with Crippen LogP contribution in [0.25, 0.3) is 0 Å². The number of sulfonamides is 1. The molecule has 1 atom stereocenters. The second-order valence-corrected chi connectivity index (χ2v) is 7.77. The Balaban J connectivity index is 2.18. The SMILES string of the molecule is Cc1csc(C(=O)N2CCCC(S(N)(=O)=O)C2)c1Cl. The Kier molecular flexibility index (Phi) is 4.20. The van der Waals surface area contributed by atoms with Gasteiger partial charge in [0.15, 0.2) is 0 Å². The molecule has 8 heteroatoms. The molecule has 5 nitrogen and oxygen atoms in total. The number of likely N-dealkylation sites (tertiary alicyclic amines) is 1. The van der Waals surface area contributed by atoms with Crippen molar-refractivity contribution < 1.29 is 13.2 Å². The van der Waals surface area contributed by atoms with Crippen LogP contribution in [0.4, 0.5) is 0 Å². The van der Waals surface area contributed by atoms with Gasteiger partial charge in [-0.25, -0.2) is 13.6 Å². The normalized spacial score (nSPS) is 20.6. The van der Waals surface area contributed by atoms with Crippen LogP contribution < -0.4 is 5.14 Å². The van der Waals surface area contributed by atoms with E-state index < -0.39 is 15.3 Å². The Morgan fingerprint density at radius 3 is 2.79 bits per heavy atom. The molecule has 1 aliphatic heterocycles. The second-order valence-electron chi connectivity index (χ2n) is 4.67. The number of rotatable bonds is 2. The number of carbonyl (C=O) groups excluding carboxylic acids is 1. The highest BCUT2D eigenvalue weighted by Crippen LogP contribution is 2.29. The maximum atomic E-state index is 12.3. The molecule has 0 aliphatic carbocycles. The van der Waals surface area contributed by atoms with Gasteiger partial charge in [-0.3, -0.25) is 4.79 Å². The highest BCUT2D eigenvalue weighted by molar-refractivity contribution is 7.89. The van der Waals surface area contributed by atoms with E-state index in [9.17, 15) is 13.2 Å². The summed E-state index contributed by atoms with van der Waals surface area (Å²) in [4.78, 5) is 14.3. The van der Waals surface area contributed by atoms with Gasteiger partial charge in [0, 0.05) is 13.1 Å². The summed E-state index contributed by atoms with van der Waals surface area (Å²) in [6, 6.07) is 0. The minimum Gasteiger partial charge on any atom is -0.337 e. The Bertz CT molecular complexity index is 597. The van der Waals surface area contributed by atoms with Gasteiger partial charge in [-0.05, 0) is 30.7 Å². The maximum Gasteiger partial charge on any atom is 0.265 e. The average Bonchev–Trinajstić information content (AvgIpc) is 2.68. The molecule has 1 fully saturated rings. The molecular formula is C11H15ClN2O3S2. The van der Waals surface area contributed by atoms with Crippen molar-refractivity contribution in [3.63, 3.8) is 0 Å². The third-order valence-electron chi connectivity index (χ3n) is 3.22. The quantitative estimate of drug-likeness (QED) is 0.898. The fourth-order valence-electron chi connectivity index (χ4n) is 2.11. The lowest BCUT2D eigenvalue weighted by Crippen LogP contribution is -2.46. The van der Waals surface area contributed by atoms with Gasteiger partial charge < -0.3 is 4.90 Å². The monoisotopic (exact) mass is 322 g/mol. The molecule has 1 unspecified atom stereocenters. The lowest BCUT2D eigenvalue weighted by atomic mass is 10.1. The number of hydrogen-bond donors (Lipinski definition) is 1. The standard InChI is InChI=1S/C11H15ClN2O3S2/c1-7-6-18-10(9(7)12)11(15)14-4-2-3-8(5-14)19(13,16)17/h6,8H,2-5H2,1H3,(H2,13,16,17). The molecule has 1 amide bonds. The number of hydrogen-bond acceptors (Lipinski definition) is 4. The molecule has 1 aromatic heterocycles. The number of carbonyl (C=O) groups is 1. The molecule has 0 aromatic carbocycles. The van der Waals surface area contributed by atoms with Gasteiger partial charge in [-0.15, -0.1) is 11.3 Å². The molecule has 2 N–H and O–H groups in total. The minimum absolute atomic E-state index is 0.144. The number of primary sulfonamides is 1. The van der Waals surface area contributed by atoms with Crippen LogP contribution in [0.1, 0.15) is 28.1 Å². The van der Waals surface area contributed by atoms with E-state index in [0.717, 1.165) is 5.56 Å². The van der Waals surface area contributed by atoms with Crippen LogP contribution in [-0.2, 0) is 10.0 Å². The molecule has 1 saturated heterocycles. The largest absolute Gasteiger partial charge is 0.337 e. The van der Waals surface area contributed by atoms with Gasteiger partial charge in [-0.2, -0.15) is 0 Å². The van der Waals surface area contributed by atoms with Crippen molar-refractivity contribution in [2.24, 2.45) is 5.14 Å². The molecule has 0 radical (unpaired) electrons. The Hall–Kier alpha value is -0.630. The van der Waals surface area contributed by atoms with Gasteiger partial charge in [-0.1, -0.05) is 11.6 Å². The summed E-state index contributed by atoms with van der Waals surface area (Å²) in [5.74, 6) is -0.212. The van der Waals surface area contributed by atoms with Gasteiger partial charge in [0.05, 0.1) is 10.3 Å². The van der Waals surface area contributed by atoms with Crippen molar-refractivity contribution in [3.05, 3.63) is 20.8 Å². The zero-order valence-electron chi connectivity index (χ0n) is 10.4. The van der Waals surface area contributed by atoms with E-state index in [1.165, 1.54) is 16.2 Å². The van der Waals surface area contributed by atoms with Crippen LogP contribution in [0.3, 0.4) is 0 Å². The first-order valence-electron chi connectivity index (χ1n) is 5.85. The highest BCUT2D eigenvalue weighted by atomic mass is 35.5. The Morgan fingerprint density at radius 2 is 2.26 bits per heavy atom. The van der Waals surface area contributed by atoms with E-state index in [0.29, 0.717) is 29.3 Å². The number of nitrogens with two attached hydrogens (primary N) is 1. The van der Waals surface area contributed by atoms with E-state index in [1.54, 1.807) is 0 Å². The van der Waals surface area contributed by atoms with Crippen molar-refractivity contribution in [2.45, 2.75) is 25.0 Å². The molecule has 0 spiro atoms. The topological polar surface area (TPSA) is 80.5 Å². The van der Waals surface area contributed by atoms with Crippen molar-refractivity contribution in [2.75, 3.05) is 13.1 Å². The Morgan fingerprint density at radius 1 is 1.58 bits per heavy atom. The summed E-state index contributed by atoms with van der Waals surface area (Å²) >= 11 is 7.35. The summed E-state index contributed by atoms with van der Waals surface area (Å²) in [6.07, 6.45) is 1.13. The van der Waals surface area contributed by atoms with E-state index >= 15 is 0 Å². The van der Waals surface area contributed by atoms with Crippen molar-refractivity contribution in [3.8, 4) is 0 Å². The van der Waals surface area contributed by atoms with E-state index in [2.05, 4.69) is 0 Å². The summed E-state index contributed by atoms with van der Waals surface area (Å²) in [7, 11) is -3.60.